The van der Waals surface area contributed by atoms with E-state index < -0.39 is 11.7 Å². The minimum atomic E-state index is -0.557. The van der Waals surface area contributed by atoms with Crippen molar-refractivity contribution in [3.63, 3.8) is 0 Å². The molecule has 2 aromatic rings. The first-order valence-corrected chi connectivity index (χ1v) is 6.06. The second-order valence-corrected chi connectivity index (χ2v) is 4.11. The number of para-hydroxylation sites is 1. The first-order valence-electron chi connectivity index (χ1n) is 6.06. The number of amides is 1. The maximum Gasteiger partial charge on any atom is 0.275 e. The number of carbonyl (C=O) groups is 1. The molecule has 0 saturated heterocycles. The van der Waals surface area contributed by atoms with Crippen molar-refractivity contribution in [3.8, 4) is 11.5 Å². The standard InChI is InChI=1S/C15H13FN2O3/c1-21-14-7-6-10(8-12(14)16)9-17-18-15(20)11-4-2-3-5-13(11)19/h2-9,19H,1H3,(H,18,20)/b17-9-. The highest BCUT2D eigenvalue weighted by Gasteiger charge is 2.08. The van der Waals surface area contributed by atoms with Crippen LogP contribution < -0.4 is 10.2 Å². The van der Waals surface area contributed by atoms with Crippen molar-refractivity contribution in [1.82, 2.24) is 5.43 Å². The zero-order chi connectivity index (χ0) is 15.2. The number of rotatable bonds is 4. The van der Waals surface area contributed by atoms with E-state index in [1.54, 1.807) is 18.2 Å². The number of benzene rings is 2. The molecule has 0 aliphatic rings. The van der Waals surface area contributed by atoms with Gasteiger partial charge in [-0.25, -0.2) is 9.82 Å². The number of hydrogen-bond acceptors (Lipinski definition) is 4. The van der Waals surface area contributed by atoms with Crippen molar-refractivity contribution in [2.24, 2.45) is 5.10 Å². The molecule has 1 amide bonds. The maximum absolute atomic E-state index is 13.4. The molecule has 0 spiro atoms. The number of hydrogen-bond donors (Lipinski definition) is 2. The van der Waals surface area contributed by atoms with Gasteiger partial charge in [-0.1, -0.05) is 12.1 Å². The summed E-state index contributed by atoms with van der Waals surface area (Å²) < 4.78 is 18.2. The summed E-state index contributed by atoms with van der Waals surface area (Å²) in [6, 6.07) is 10.4. The van der Waals surface area contributed by atoms with Crippen LogP contribution in [0.4, 0.5) is 4.39 Å². The van der Waals surface area contributed by atoms with E-state index in [2.05, 4.69) is 10.5 Å². The number of phenolic OH excluding ortho intramolecular Hbond substituents is 1. The molecule has 0 atom stereocenters. The molecular weight excluding hydrogens is 275 g/mol. The first kappa shape index (κ1) is 14.5. The van der Waals surface area contributed by atoms with Gasteiger partial charge in [-0.2, -0.15) is 5.10 Å². The Kier molecular flexibility index (Phi) is 4.50. The fraction of sp³-hybridized carbons (Fsp3) is 0.0667. The zero-order valence-corrected chi connectivity index (χ0v) is 11.2. The van der Waals surface area contributed by atoms with Gasteiger partial charge in [0.2, 0.25) is 0 Å². The van der Waals surface area contributed by atoms with Gasteiger partial charge >= 0.3 is 0 Å². The molecule has 108 valence electrons. The van der Waals surface area contributed by atoms with E-state index >= 15 is 0 Å². The summed E-state index contributed by atoms with van der Waals surface area (Å²) in [5.41, 5.74) is 2.82. The third-order valence-corrected chi connectivity index (χ3v) is 2.70. The third-order valence-electron chi connectivity index (χ3n) is 2.70. The molecule has 2 N–H and O–H groups in total. The summed E-state index contributed by atoms with van der Waals surface area (Å²) in [6.45, 7) is 0. The molecule has 5 nitrogen and oxygen atoms in total. The van der Waals surface area contributed by atoms with Gasteiger partial charge in [-0.15, -0.1) is 0 Å². The Hall–Kier alpha value is -2.89. The molecule has 0 unspecified atom stereocenters. The lowest BCUT2D eigenvalue weighted by Crippen LogP contribution is -2.17. The van der Waals surface area contributed by atoms with E-state index in [1.807, 2.05) is 0 Å². The topological polar surface area (TPSA) is 70.9 Å². The van der Waals surface area contributed by atoms with Gasteiger partial charge in [0.15, 0.2) is 11.6 Å². The van der Waals surface area contributed by atoms with Crippen molar-refractivity contribution in [2.75, 3.05) is 7.11 Å². The van der Waals surface area contributed by atoms with E-state index in [0.717, 1.165) is 0 Å². The second kappa shape index (κ2) is 6.51. The van der Waals surface area contributed by atoms with E-state index in [9.17, 15) is 14.3 Å². The average Bonchev–Trinajstić information content (AvgIpc) is 2.48. The summed E-state index contributed by atoms with van der Waals surface area (Å²) in [7, 11) is 1.37. The van der Waals surface area contributed by atoms with Crippen LogP contribution in [0.1, 0.15) is 15.9 Å². The van der Waals surface area contributed by atoms with Gasteiger partial charge in [-0.3, -0.25) is 4.79 Å². The predicted octanol–water partition coefficient (Wildman–Crippen LogP) is 2.30. The van der Waals surface area contributed by atoms with Gasteiger partial charge < -0.3 is 9.84 Å². The summed E-state index contributed by atoms with van der Waals surface area (Å²) in [6.07, 6.45) is 1.29. The van der Waals surface area contributed by atoms with Crippen LogP contribution in [0.5, 0.6) is 11.5 Å². The molecule has 0 aliphatic heterocycles. The van der Waals surface area contributed by atoms with Crippen LogP contribution in [-0.4, -0.2) is 24.3 Å². The van der Waals surface area contributed by atoms with E-state index in [0.29, 0.717) is 5.56 Å². The highest BCUT2D eigenvalue weighted by atomic mass is 19.1. The number of nitrogens with zero attached hydrogens (tertiary/aromatic N) is 1. The molecule has 2 rings (SSSR count). The number of carbonyl (C=O) groups excluding carboxylic acids is 1. The lowest BCUT2D eigenvalue weighted by atomic mass is 10.2. The van der Waals surface area contributed by atoms with Gasteiger partial charge in [0.25, 0.3) is 5.91 Å². The number of hydrazone groups is 1. The molecule has 2 aromatic carbocycles. The number of halogens is 1. The molecular formula is C15H13FN2O3. The molecule has 0 aliphatic carbocycles. The Balaban J connectivity index is 2.04. The summed E-state index contributed by atoms with van der Waals surface area (Å²) in [5, 5.41) is 13.2. The minimum Gasteiger partial charge on any atom is -0.507 e. The number of aromatic hydroxyl groups is 1. The molecule has 0 bridgehead atoms. The van der Waals surface area contributed by atoms with Crippen LogP contribution in [0.3, 0.4) is 0 Å². The minimum absolute atomic E-state index is 0.107. The van der Waals surface area contributed by atoms with Crippen molar-refractivity contribution >= 4 is 12.1 Å². The molecule has 0 fully saturated rings. The Bertz CT molecular complexity index is 686. The quantitative estimate of drug-likeness (QED) is 0.670. The summed E-state index contributed by atoms with van der Waals surface area (Å²) in [4.78, 5) is 11.7. The first-order chi connectivity index (χ1) is 10.1. The number of methoxy groups -OCH3 is 1. The molecule has 0 saturated carbocycles. The highest BCUT2D eigenvalue weighted by molar-refractivity contribution is 5.97. The SMILES string of the molecule is COc1ccc(/C=N\NC(=O)c2ccccc2O)cc1F. The number of nitrogens with one attached hydrogen (secondary N) is 1. The van der Waals surface area contributed by atoms with E-state index in [4.69, 9.17) is 4.74 Å². The zero-order valence-electron chi connectivity index (χ0n) is 11.2. The van der Waals surface area contributed by atoms with Gasteiger partial charge in [-0.05, 0) is 35.9 Å². The van der Waals surface area contributed by atoms with Crippen LogP contribution in [0.2, 0.25) is 0 Å². The smallest absolute Gasteiger partial charge is 0.275 e. The fourth-order valence-corrected chi connectivity index (χ4v) is 1.65. The molecule has 21 heavy (non-hydrogen) atoms. The van der Waals surface area contributed by atoms with Crippen molar-refractivity contribution < 1.29 is 19.0 Å². The Morgan fingerprint density at radius 3 is 2.76 bits per heavy atom. The Morgan fingerprint density at radius 2 is 2.10 bits per heavy atom. The fourth-order valence-electron chi connectivity index (χ4n) is 1.65. The summed E-state index contributed by atoms with van der Waals surface area (Å²) in [5.74, 6) is -1.09. The van der Waals surface area contributed by atoms with Gasteiger partial charge in [0, 0.05) is 0 Å². The average molecular weight is 288 g/mol. The summed E-state index contributed by atoms with van der Waals surface area (Å²) >= 11 is 0. The monoisotopic (exact) mass is 288 g/mol. The van der Waals surface area contributed by atoms with Crippen LogP contribution in [0.15, 0.2) is 47.6 Å². The Morgan fingerprint density at radius 1 is 1.33 bits per heavy atom. The molecule has 0 aromatic heterocycles. The number of phenols is 1. The largest absolute Gasteiger partial charge is 0.507 e. The second-order valence-electron chi connectivity index (χ2n) is 4.11. The third kappa shape index (κ3) is 3.56. The Labute approximate surface area is 120 Å². The highest BCUT2D eigenvalue weighted by Crippen LogP contribution is 2.17. The molecule has 0 heterocycles. The van der Waals surface area contributed by atoms with E-state index in [1.165, 1.54) is 37.6 Å². The maximum atomic E-state index is 13.4. The van der Waals surface area contributed by atoms with E-state index in [-0.39, 0.29) is 17.1 Å². The molecule has 6 heteroatoms. The van der Waals surface area contributed by atoms with Crippen LogP contribution in [0, 0.1) is 5.82 Å². The van der Waals surface area contributed by atoms with Crippen molar-refractivity contribution in [2.45, 2.75) is 0 Å². The van der Waals surface area contributed by atoms with Crippen LogP contribution in [0.25, 0.3) is 0 Å². The predicted molar refractivity (Wildman–Crippen MR) is 76.1 cm³/mol. The lowest BCUT2D eigenvalue weighted by Gasteiger charge is -2.03. The van der Waals surface area contributed by atoms with Gasteiger partial charge in [0.05, 0.1) is 18.9 Å². The normalized spacial score (nSPS) is 10.6. The number of ether oxygens (including phenoxy) is 1. The van der Waals surface area contributed by atoms with Crippen molar-refractivity contribution in [3.05, 3.63) is 59.4 Å². The van der Waals surface area contributed by atoms with Crippen LogP contribution >= 0.6 is 0 Å². The van der Waals surface area contributed by atoms with Gasteiger partial charge in [0.1, 0.15) is 5.75 Å². The molecule has 0 radical (unpaired) electrons. The lowest BCUT2D eigenvalue weighted by molar-refractivity contribution is 0.0952. The van der Waals surface area contributed by atoms with Crippen LogP contribution in [-0.2, 0) is 0 Å². The van der Waals surface area contributed by atoms with Crippen molar-refractivity contribution in [1.29, 1.82) is 0 Å².